The standard InChI is InChI=1S/C70H47N5Si/c1-5-23-48(24-6-1)61-47-62(72-70(71-61)75-66-39-21-15-33-56(66)57-34-16-22-40-67(57)75)60-46-53(76(50-25-7-2-8-26-50,51-27-9-3-10-28-51)52-29-11-4-12-30-52)42-44-69(60)74-65-38-20-17-35-58(65)59-45-49(41-43-68(59)74)73-63-36-18-13-31-54(63)55-32-14-19-37-64(55)73/h1-47H/i1D,5D,6D,15D,16D,21D,22D,23D,24D,33D,34D,39D,40D. The zero-order valence-electron chi connectivity index (χ0n) is 53.4. The molecule has 0 atom stereocenters. The van der Waals surface area contributed by atoms with Gasteiger partial charge < -0.3 is 9.13 Å². The van der Waals surface area contributed by atoms with Crippen LogP contribution in [-0.4, -0.2) is 31.7 Å². The van der Waals surface area contributed by atoms with Crippen molar-refractivity contribution in [2.45, 2.75) is 0 Å². The van der Waals surface area contributed by atoms with E-state index in [0.29, 0.717) is 11.3 Å². The maximum absolute atomic E-state index is 9.53. The van der Waals surface area contributed by atoms with Crippen LogP contribution in [0.5, 0.6) is 0 Å². The smallest absolute Gasteiger partial charge is 0.235 e. The first-order chi connectivity index (χ1) is 43.1. The Morgan fingerprint density at radius 2 is 0.789 bits per heavy atom. The molecule has 0 spiro atoms. The van der Waals surface area contributed by atoms with E-state index < -0.39 is 86.6 Å². The van der Waals surface area contributed by atoms with Gasteiger partial charge in [-0.05, 0) is 81.4 Å². The number of para-hydroxylation sites is 5. The van der Waals surface area contributed by atoms with Crippen LogP contribution in [0.1, 0.15) is 17.8 Å². The van der Waals surface area contributed by atoms with Crippen LogP contribution in [0.4, 0.5) is 0 Å². The lowest BCUT2D eigenvalue weighted by Gasteiger charge is -2.35. The molecule has 15 rings (SSSR count). The van der Waals surface area contributed by atoms with E-state index in [1.54, 1.807) is 6.07 Å². The monoisotopic (exact) mass is 998 g/mol. The number of rotatable bonds is 9. The van der Waals surface area contributed by atoms with E-state index >= 15 is 0 Å². The van der Waals surface area contributed by atoms with Gasteiger partial charge in [-0.15, -0.1) is 0 Å². The third kappa shape index (κ3) is 6.71. The van der Waals surface area contributed by atoms with Gasteiger partial charge in [0.2, 0.25) is 5.95 Å². The second-order valence-electron chi connectivity index (χ2n) is 18.7. The van der Waals surface area contributed by atoms with Gasteiger partial charge in [0.25, 0.3) is 0 Å². The van der Waals surface area contributed by atoms with Gasteiger partial charge in [0.05, 0.1) is 68.0 Å². The van der Waals surface area contributed by atoms with E-state index in [1.165, 1.54) is 4.57 Å². The molecule has 15 aromatic rings. The van der Waals surface area contributed by atoms with Gasteiger partial charge in [0.15, 0.2) is 8.07 Å². The summed E-state index contributed by atoms with van der Waals surface area (Å²) in [6.07, 6.45) is 0. The molecule has 0 saturated heterocycles. The van der Waals surface area contributed by atoms with Crippen LogP contribution in [0.3, 0.4) is 0 Å². The Hall–Kier alpha value is -9.88. The quantitative estimate of drug-likeness (QED) is 0.107. The molecule has 356 valence electrons. The molecule has 0 N–H and O–H groups in total. The zero-order chi connectivity index (χ0) is 61.5. The normalized spacial score (nSPS) is 14.3. The van der Waals surface area contributed by atoms with Crippen LogP contribution < -0.4 is 20.7 Å². The van der Waals surface area contributed by atoms with E-state index in [4.69, 9.17) is 19.6 Å². The summed E-state index contributed by atoms with van der Waals surface area (Å²) in [6.45, 7) is 0. The first-order valence-corrected chi connectivity index (χ1v) is 26.9. The Morgan fingerprint density at radius 3 is 1.37 bits per heavy atom. The molecule has 0 unspecified atom stereocenters. The predicted octanol–water partition coefficient (Wildman–Crippen LogP) is 14.5. The summed E-state index contributed by atoms with van der Waals surface area (Å²) in [5, 5.41) is 7.73. The highest BCUT2D eigenvalue weighted by Crippen LogP contribution is 2.40. The molecule has 4 aromatic heterocycles. The molecule has 0 aliphatic heterocycles. The van der Waals surface area contributed by atoms with Crippen LogP contribution >= 0.6 is 0 Å². The molecule has 0 radical (unpaired) electrons. The second kappa shape index (κ2) is 17.7. The van der Waals surface area contributed by atoms with Gasteiger partial charge in [-0.1, -0.05) is 224 Å². The lowest BCUT2D eigenvalue weighted by Crippen LogP contribution is -2.74. The number of aromatic nitrogens is 5. The van der Waals surface area contributed by atoms with Crippen LogP contribution in [0.25, 0.3) is 105 Å². The Kier molecular flexibility index (Phi) is 7.51. The number of benzene rings is 11. The highest BCUT2D eigenvalue weighted by Gasteiger charge is 2.42. The van der Waals surface area contributed by atoms with Gasteiger partial charge in [0, 0.05) is 49.1 Å². The van der Waals surface area contributed by atoms with E-state index in [1.807, 2.05) is 97.1 Å². The summed E-state index contributed by atoms with van der Waals surface area (Å²) in [6, 6.07) is 62.1. The van der Waals surface area contributed by atoms with E-state index in [0.717, 1.165) is 70.0 Å². The largest absolute Gasteiger partial charge is 0.309 e. The number of fused-ring (bicyclic) bond motifs is 9. The third-order valence-corrected chi connectivity index (χ3v) is 19.5. The van der Waals surface area contributed by atoms with Crippen molar-refractivity contribution in [1.82, 2.24) is 23.7 Å². The van der Waals surface area contributed by atoms with Crippen molar-refractivity contribution >= 4 is 94.2 Å². The van der Waals surface area contributed by atoms with Crippen molar-refractivity contribution in [3.8, 4) is 39.8 Å². The molecule has 4 heterocycles. The third-order valence-electron chi connectivity index (χ3n) is 14.8. The summed E-state index contributed by atoms with van der Waals surface area (Å²) in [4.78, 5) is 10.4. The maximum Gasteiger partial charge on any atom is 0.235 e. The molecule has 0 aliphatic carbocycles. The van der Waals surface area contributed by atoms with Crippen molar-refractivity contribution in [2.24, 2.45) is 0 Å². The van der Waals surface area contributed by atoms with Crippen molar-refractivity contribution < 1.29 is 17.8 Å². The second-order valence-corrected chi connectivity index (χ2v) is 22.5. The van der Waals surface area contributed by atoms with Gasteiger partial charge >= 0.3 is 0 Å². The fourth-order valence-corrected chi connectivity index (χ4v) is 16.4. The molecule has 0 saturated carbocycles. The fraction of sp³-hybridized carbons (Fsp3) is 0. The molecule has 0 bridgehead atoms. The summed E-state index contributed by atoms with van der Waals surface area (Å²) in [5.41, 5.74) is 4.86. The number of nitrogens with zero attached hydrogens (tertiary/aromatic N) is 5. The first-order valence-electron chi connectivity index (χ1n) is 31.4. The molecular weight excluding hydrogens is 939 g/mol. The molecule has 0 fully saturated rings. The minimum atomic E-state index is -3.43. The molecule has 0 aliphatic rings. The van der Waals surface area contributed by atoms with Gasteiger partial charge in [-0.2, -0.15) is 0 Å². The maximum atomic E-state index is 9.53. The van der Waals surface area contributed by atoms with E-state index in [2.05, 4.69) is 112 Å². The Labute approximate surface area is 458 Å². The highest BCUT2D eigenvalue weighted by molar-refractivity contribution is 7.20. The van der Waals surface area contributed by atoms with Gasteiger partial charge in [-0.3, -0.25) is 4.57 Å². The van der Waals surface area contributed by atoms with E-state index in [9.17, 15) is 8.22 Å². The molecule has 76 heavy (non-hydrogen) atoms. The van der Waals surface area contributed by atoms with Gasteiger partial charge in [-0.25, -0.2) is 9.97 Å². The molecular formula is C70H47N5Si. The average molecular weight is 999 g/mol. The topological polar surface area (TPSA) is 40.6 Å². The van der Waals surface area contributed by atoms with Crippen molar-refractivity contribution in [1.29, 1.82) is 0 Å². The lowest BCUT2D eigenvalue weighted by atomic mass is 10.1. The van der Waals surface area contributed by atoms with Crippen LogP contribution in [0.2, 0.25) is 0 Å². The summed E-state index contributed by atoms with van der Waals surface area (Å²) < 4.78 is 124. The van der Waals surface area contributed by atoms with Crippen LogP contribution in [0.15, 0.2) is 285 Å². The van der Waals surface area contributed by atoms with Crippen molar-refractivity contribution in [3.05, 3.63) is 285 Å². The first kappa shape index (κ1) is 32.3. The molecule has 0 amide bonds. The Morgan fingerprint density at radius 1 is 0.316 bits per heavy atom. The minimum absolute atomic E-state index is 0.134. The molecule has 11 aromatic carbocycles. The summed E-state index contributed by atoms with van der Waals surface area (Å²) >= 11 is 0. The fourth-order valence-electron chi connectivity index (χ4n) is 11.6. The van der Waals surface area contributed by atoms with Crippen molar-refractivity contribution in [2.75, 3.05) is 0 Å². The zero-order valence-corrected chi connectivity index (χ0v) is 41.4. The molecule has 5 nitrogen and oxygen atoms in total. The van der Waals surface area contributed by atoms with Gasteiger partial charge in [0.1, 0.15) is 0 Å². The lowest BCUT2D eigenvalue weighted by molar-refractivity contribution is 0.994. The van der Waals surface area contributed by atoms with Crippen molar-refractivity contribution in [3.63, 3.8) is 0 Å². The molecule has 6 heteroatoms. The Balaban J connectivity index is 1.12. The van der Waals surface area contributed by atoms with Crippen LogP contribution in [0, 0.1) is 0 Å². The Bertz CT molecular complexity index is 5240. The number of hydrogen-bond acceptors (Lipinski definition) is 2. The summed E-state index contributed by atoms with van der Waals surface area (Å²) in [7, 11) is -3.43. The highest BCUT2D eigenvalue weighted by atomic mass is 28.3. The van der Waals surface area contributed by atoms with Crippen LogP contribution in [-0.2, 0) is 0 Å². The SMILES string of the molecule is [2H]c1c([2H])c([2H])c(-c2cc(-c3cc([Si](c4ccccc4)(c4ccccc4)c4ccccc4)ccc3-n3c4ccccc4c4cc(-n5c6ccccc6c6ccccc65)ccc43)nc(-n3c4c([2H])c([2H])c([2H])c([2H])c4c4c([2H])c([2H])c([2H])c([2H])c43)n2)c([2H])c1[2H]. The summed E-state index contributed by atoms with van der Waals surface area (Å²) in [5.74, 6) is -0.369. The van der Waals surface area contributed by atoms with E-state index in [-0.39, 0.29) is 44.7 Å². The predicted molar refractivity (Wildman–Crippen MR) is 320 cm³/mol. The minimum Gasteiger partial charge on any atom is -0.309 e. The average Bonchev–Trinajstić information content (AvgIpc) is 1.64. The number of hydrogen-bond donors (Lipinski definition) is 0.